The van der Waals surface area contributed by atoms with Gasteiger partial charge in [0.2, 0.25) is 0 Å². The van der Waals surface area contributed by atoms with Gasteiger partial charge in [0.15, 0.2) is 0 Å². The van der Waals surface area contributed by atoms with Gasteiger partial charge in [-0.05, 0) is 37.0 Å². The number of hydrogen-bond donors (Lipinski definition) is 0. The molecule has 0 aromatic rings. The van der Waals surface area contributed by atoms with Gasteiger partial charge >= 0.3 is 0 Å². The Bertz CT molecular complexity index is 136. The smallest absolute Gasteiger partial charge is 0.0297 e. The Morgan fingerprint density at radius 1 is 0.833 bits per heavy atom. The predicted molar refractivity (Wildman–Crippen MR) is 53.2 cm³/mol. The highest BCUT2D eigenvalue weighted by Crippen LogP contribution is 2.55. The Balaban J connectivity index is 1.85. The Kier molecular flexibility index (Phi) is 2.43. The van der Waals surface area contributed by atoms with E-state index in [-0.39, 0.29) is 0 Å². The molecule has 2 aliphatic rings. The van der Waals surface area contributed by atoms with Crippen LogP contribution in [-0.2, 0) is 0 Å². The number of rotatable bonds is 1. The van der Waals surface area contributed by atoms with Crippen molar-refractivity contribution in [3.63, 3.8) is 0 Å². The van der Waals surface area contributed by atoms with Gasteiger partial charge in [0.25, 0.3) is 0 Å². The van der Waals surface area contributed by atoms with Gasteiger partial charge in [0.05, 0.1) is 0 Å². The minimum atomic E-state index is 0.803. The van der Waals surface area contributed by atoms with Crippen molar-refractivity contribution >= 4 is 0 Å². The molecule has 0 N–H and O–H groups in total. The average molecular weight is 166 g/mol. The van der Waals surface area contributed by atoms with Crippen molar-refractivity contribution in [3.8, 4) is 0 Å². The SMILES string of the molecule is CC1(C2CCCCCCC2)CC1. The van der Waals surface area contributed by atoms with Crippen LogP contribution < -0.4 is 0 Å². The van der Waals surface area contributed by atoms with Crippen LogP contribution in [0.25, 0.3) is 0 Å². The van der Waals surface area contributed by atoms with Crippen molar-refractivity contribution in [2.75, 3.05) is 0 Å². The molecule has 12 heavy (non-hydrogen) atoms. The van der Waals surface area contributed by atoms with E-state index in [2.05, 4.69) is 6.92 Å². The highest BCUT2D eigenvalue weighted by molar-refractivity contribution is 4.94. The molecule has 2 aliphatic carbocycles. The summed E-state index contributed by atoms with van der Waals surface area (Å²) in [6.45, 7) is 2.51. The van der Waals surface area contributed by atoms with Crippen LogP contribution in [0.4, 0.5) is 0 Å². The van der Waals surface area contributed by atoms with Gasteiger partial charge < -0.3 is 0 Å². The van der Waals surface area contributed by atoms with Gasteiger partial charge in [-0.3, -0.25) is 0 Å². The van der Waals surface area contributed by atoms with E-state index in [1.165, 1.54) is 57.8 Å². The van der Waals surface area contributed by atoms with E-state index in [1.54, 1.807) is 0 Å². The van der Waals surface area contributed by atoms with E-state index in [9.17, 15) is 0 Å². The van der Waals surface area contributed by atoms with E-state index < -0.39 is 0 Å². The van der Waals surface area contributed by atoms with Gasteiger partial charge in [-0.15, -0.1) is 0 Å². The van der Waals surface area contributed by atoms with Crippen LogP contribution in [0.15, 0.2) is 0 Å². The maximum atomic E-state index is 2.51. The number of hydrogen-bond acceptors (Lipinski definition) is 0. The van der Waals surface area contributed by atoms with E-state index in [0.717, 1.165) is 11.3 Å². The Morgan fingerprint density at radius 3 is 1.83 bits per heavy atom. The van der Waals surface area contributed by atoms with Crippen molar-refractivity contribution in [1.29, 1.82) is 0 Å². The zero-order chi connectivity index (χ0) is 8.44. The van der Waals surface area contributed by atoms with Crippen molar-refractivity contribution in [3.05, 3.63) is 0 Å². The Hall–Kier alpha value is 0. The first-order chi connectivity index (χ1) is 5.81. The van der Waals surface area contributed by atoms with Crippen LogP contribution in [0.1, 0.15) is 64.7 Å². The summed E-state index contributed by atoms with van der Waals surface area (Å²) in [4.78, 5) is 0. The third kappa shape index (κ3) is 1.84. The summed E-state index contributed by atoms with van der Waals surface area (Å²) in [6, 6.07) is 0. The lowest BCUT2D eigenvalue weighted by atomic mass is 9.81. The minimum absolute atomic E-state index is 0.803. The summed E-state index contributed by atoms with van der Waals surface area (Å²) in [5.74, 6) is 1.10. The van der Waals surface area contributed by atoms with Crippen LogP contribution >= 0.6 is 0 Å². The van der Waals surface area contributed by atoms with Crippen LogP contribution in [0.5, 0.6) is 0 Å². The molecule has 70 valence electrons. The first-order valence-corrected chi connectivity index (χ1v) is 5.81. The maximum Gasteiger partial charge on any atom is -0.0297 e. The highest BCUT2D eigenvalue weighted by Gasteiger charge is 2.43. The summed E-state index contributed by atoms with van der Waals surface area (Å²) in [5.41, 5.74) is 0.803. The first-order valence-electron chi connectivity index (χ1n) is 5.81. The quantitative estimate of drug-likeness (QED) is 0.549. The molecule has 0 heterocycles. The van der Waals surface area contributed by atoms with E-state index in [4.69, 9.17) is 0 Å². The molecular formula is C12H22. The average Bonchev–Trinajstić information content (AvgIpc) is 2.67. The molecule has 0 atom stereocenters. The molecule has 2 saturated carbocycles. The molecule has 0 unspecified atom stereocenters. The van der Waals surface area contributed by atoms with Crippen molar-refractivity contribution in [2.45, 2.75) is 64.7 Å². The van der Waals surface area contributed by atoms with Crippen molar-refractivity contribution in [2.24, 2.45) is 11.3 Å². The lowest BCUT2D eigenvalue weighted by molar-refractivity contribution is 0.263. The van der Waals surface area contributed by atoms with Gasteiger partial charge in [-0.1, -0.05) is 39.0 Å². The molecule has 0 nitrogen and oxygen atoms in total. The lowest BCUT2D eigenvalue weighted by Gasteiger charge is -2.25. The van der Waals surface area contributed by atoms with E-state index in [0.29, 0.717) is 0 Å². The second kappa shape index (κ2) is 3.40. The standard InChI is InChI=1S/C12H22/c1-12(9-10-12)11-7-5-3-2-4-6-8-11/h11H,2-10H2,1H3. The summed E-state index contributed by atoms with van der Waals surface area (Å²) < 4.78 is 0. The van der Waals surface area contributed by atoms with Gasteiger partial charge in [0.1, 0.15) is 0 Å². The van der Waals surface area contributed by atoms with Crippen molar-refractivity contribution < 1.29 is 0 Å². The van der Waals surface area contributed by atoms with Crippen molar-refractivity contribution in [1.82, 2.24) is 0 Å². The van der Waals surface area contributed by atoms with Crippen LogP contribution in [-0.4, -0.2) is 0 Å². The molecule has 0 aromatic carbocycles. The molecule has 0 spiro atoms. The topological polar surface area (TPSA) is 0 Å². The molecule has 0 aliphatic heterocycles. The zero-order valence-corrected chi connectivity index (χ0v) is 8.44. The molecule has 0 bridgehead atoms. The molecule has 0 saturated heterocycles. The Labute approximate surface area is 76.7 Å². The molecule has 0 heteroatoms. The molecule has 0 amide bonds. The Morgan fingerprint density at radius 2 is 1.33 bits per heavy atom. The fourth-order valence-corrected chi connectivity index (χ4v) is 2.76. The van der Waals surface area contributed by atoms with E-state index in [1.807, 2.05) is 0 Å². The fraction of sp³-hybridized carbons (Fsp3) is 1.00. The zero-order valence-electron chi connectivity index (χ0n) is 8.44. The lowest BCUT2D eigenvalue weighted by Crippen LogP contribution is -2.14. The predicted octanol–water partition coefficient (Wildman–Crippen LogP) is 4.15. The normalized spacial score (nSPS) is 30.8. The maximum absolute atomic E-state index is 2.51. The summed E-state index contributed by atoms with van der Waals surface area (Å²) in [6.07, 6.45) is 13.7. The highest BCUT2D eigenvalue weighted by atomic mass is 14.5. The van der Waals surface area contributed by atoms with Gasteiger partial charge in [-0.2, -0.15) is 0 Å². The third-order valence-electron chi connectivity index (χ3n) is 4.13. The fourth-order valence-electron chi connectivity index (χ4n) is 2.76. The molecule has 2 rings (SSSR count). The van der Waals surface area contributed by atoms with Crippen LogP contribution in [0.2, 0.25) is 0 Å². The molecular weight excluding hydrogens is 144 g/mol. The molecule has 0 aromatic heterocycles. The molecule has 0 radical (unpaired) electrons. The monoisotopic (exact) mass is 166 g/mol. The second-order valence-corrected chi connectivity index (χ2v) is 5.20. The third-order valence-corrected chi connectivity index (χ3v) is 4.13. The summed E-state index contributed by atoms with van der Waals surface area (Å²) in [7, 11) is 0. The van der Waals surface area contributed by atoms with E-state index >= 15 is 0 Å². The van der Waals surface area contributed by atoms with Crippen LogP contribution in [0, 0.1) is 11.3 Å². The van der Waals surface area contributed by atoms with Gasteiger partial charge in [0, 0.05) is 0 Å². The second-order valence-electron chi connectivity index (χ2n) is 5.20. The minimum Gasteiger partial charge on any atom is -0.0594 e. The molecule has 2 fully saturated rings. The summed E-state index contributed by atoms with van der Waals surface area (Å²) >= 11 is 0. The van der Waals surface area contributed by atoms with Gasteiger partial charge in [-0.25, -0.2) is 0 Å². The van der Waals surface area contributed by atoms with Crippen LogP contribution in [0.3, 0.4) is 0 Å². The summed E-state index contributed by atoms with van der Waals surface area (Å²) in [5, 5.41) is 0. The first kappa shape index (κ1) is 8.59. The largest absolute Gasteiger partial charge is 0.0594 e.